The molecule has 0 saturated carbocycles. The predicted molar refractivity (Wildman–Crippen MR) is 107 cm³/mol. The summed E-state index contributed by atoms with van der Waals surface area (Å²) in [6.45, 7) is 3.72. The highest BCUT2D eigenvalue weighted by Crippen LogP contribution is 2.25. The van der Waals surface area contributed by atoms with Gasteiger partial charge in [0.25, 0.3) is 5.91 Å². The Morgan fingerprint density at radius 3 is 2.72 bits per heavy atom. The van der Waals surface area contributed by atoms with E-state index in [1.54, 1.807) is 24.5 Å². The van der Waals surface area contributed by atoms with Gasteiger partial charge in [-0.25, -0.2) is 5.43 Å². The molecule has 128 valence electrons. The van der Waals surface area contributed by atoms with Crippen molar-refractivity contribution in [2.75, 3.05) is 0 Å². The highest BCUT2D eigenvalue weighted by atomic mass is 79.9. The average molecular weight is 417 g/mol. The van der Waals surface area contributed by atoms with Crippen LogP contribution in [0.5, 0.6) is 5.75 Å². The SMILES string of the molecule is Cc1sc(C=NNC(=O)C(C)Oc2ccc3ccccc3c2)cc1Br. The van der Waals surface area contributed by atoms with E-state index in [-0.39, 0.29) is 5.91 Å². The molecular weight excluding hydrogens is 400 g/mol. The van der Waals surface area contributed by atoms with Crippen molar-refractivity contribution in [2.24, 2.45) is 5.10 Å². The number of thiophene rings is 1. The van der Waals surface area contributed by atoms with Crippen LogP contribution in [-0.2, 0) is 4.79 Å². The largest absolute Gasteiger partial charge is 0.481 e. The molecule has 1 unspecified atom stereocenters. The number of ether oxygens (including phenoxy) is 1. The van der Waals surface area contributed by atoms with E-state index in [1.807, 2.05) is 55.5 Å². The van der Waals surface area contributed by atoms with Crippen molar-refractivity contribution in [1.82, 2.24) is 5.43 Å². The van der Waals surface area contributed by atoms with Crippen molar-refractivity contribution in [3.8, 4) is 5.75 Å². The van der Waals surface area contributed by atoms with Gasteiger partial charge in [0.1, 0.15) is 5.75 Å². The number of hydrogen-bond acceptors (Lipinski definition) is 4. The number of rotatable bonds is 5. The molecule has 25 heavy (non-hydrogen) atoms. The van der Waals surface area contributed by atoms with Gasteiger partial charge in [0.05, 0.1) is 6.21 Å². The summed E-state index contributed by atoms with van der Waals surface area (Å²) in [5.41, 5.74) is 2.51. The number of aryl methyl sites for hydroxylation is 1. The molecule has 1 atom stereocenters. The monoisotopic (exact) mass is 416 g/mol. The molecule has 3 rings (SSSR count). The van der Waals surface area contributed by atoms with Gasteiger partial charge in [-0.3, -0.25) is 4.79 Å². The lowest BCUT2D eigenvalue weighted by Gasteiger charge is -2.13. The van der Waals surface area contributed by atoms with Gasteiger partial charge < -0.3 is 4.74 Å². The summed E-state index contributed by atoms with van der Waals surface area (Å²) in [4.78, 5) is 14.3. The Hall–Kier alpha value is -2.18. The lowest BCUT2D eigenvalue weighted by Crippen LogP contribution is -2.33. The summed E-state index contributed by atoms with van der Waals surface area (Å²) >= 11 is 5.06. The number of hydrogen-bond donors (Lipinski definition) is 1. The van der Waals surface area contributed by atoms with Gasteiger partial charge in [-0.1, -0.05) is 30.3 Å². The quantitative estimate of drug-likeness (QED) is 0.475. The molecule has 0 aliphatic rings. The van der Waals surface area contributed by atoms with Crippen LogP contribution in [0.2, 0.25) is 0 Å². The van der Waals surface area contributed by atoms with Crippen LogP contribution in [0.4, 0.5) is 0 Å². The summed E-state index contributed by atoms with van der Waals surface area (Å²) in [5.74, 6) is 0.361. The zero-order valence-electron chi connectivity index (χ0n) is 13.8. The molecule has 0 bridgehead atoms. The van der Waals surface area contributed by atoms with Crippen LogP contribution in [0.1, 0.15) is 16.7 Å². The Bertz CT molecular complexity index is 917. The molecule has 0 aliphatic carbocycles. The van der Waals surface area contributed by atoms with Crippen molar-refractivity contribution < 1.29 is 9.53 Å². The maximum Gasteiger partial charge on any atom is 0.280 e. The van der Waals surface area contributed by atoms with E-state index in [0.29, 0.717) is 5.75 Å². The summed E-state index contributed by atoms with van der Waals surface area (Å²) < 4.78 is 6.76. The molecule has 0 fully saturated rings. The van der Waals surface area contributed by atoms with Crippen molar-refractivity contribution in [3.63, 3.8) is 0 Å². The molecule has 1 heterocycles. The second kappa shape index (κ2) is 7.80. The van der Waals surface area contributed by atoms with Gasteiger partial charge in [-0.2, -0.15) is 5.10 Å². The molecule has 0 saturated heterocycles. The maximum absolute atomic E-state index is 12.1. The van der Waals surface area contributed by atoms with Crippen LogP contribution in [0, 0.1) is 6.92 Å². The first-order chi connectivity index (χ1) is 12.0. The van der Waals surface area contributed by atoms with E-state index in [2.05, 4.69) is 26.5 Å². The molecule has 0 radical (unpaired) electrons. The summed E-state index contributed by atoms with van der Waals surface area (Å²) in [5, 5.41) is 6.20. The van der Waals surface area contributed by atoms with E-state index >= 15 is 0 Å². The predicted octanol–water partition coefficient (Wildman–Crippen LogP) is 4.89. The topological polar surface area (TPSA) is 50.7 Å². The lowest BCUT2D eigenvalue weighted by atomic mass is 10.1. The normalized spacial score (nSPS) is 12.4. The van der Waals surface area contributed by atoms with E-state index in [4.69, 9.17) is 4.74 Å². The summed E-state index contributed by atoms with van der Waals surface area (Å²) in [6, 6.07) is 15.7. The minimum Gasteiger partial charge on any atom is -0.481 e. The molecule has 0 aliphatic heterocycles. The third-order valence-electron chi connectivity index (χ3n) is 3.65. The van der Waals surface area contributed by atoms with Gasteiger partial charge in [-0.15, -0.1) is 11.3 Å². The molecular formula is C19H17BrN2O2S. The molecule has 1 N–H and O–H groups in total. The number of hydrazone groups is 1. The molecule has 3 aromatic rings. The summed E-state index contributed by atoms with van der Waals surface area (Å²) in [7, 11) is 0. The van der Waals surface area contributed by atoms with Crippen LogP contribution in [0.15, 0.2) is 58.1 Å². The minimum atomic E-state index is -0.643. The highest BCUT2D eigenvalue weighted by Gasteiger charge is 2.14. The van der Waals surface area contributed by atoms with Gasteiger partial charge in [0.2, 0.25) is 0 Å². The molecule has 1 aromatic heterocycles. The Morgan fingerprint density at radius 1 is 1.24 bits per heavy atom. The number of nitrogens with zero attached hydrogens (tertiary/aromatic N) is 1. The second-order valence-electron chi connectivity index (χ2n) is 5.56. The van der Waals surface area contributed by atoms with Gasteiger partial charge in [0.15, 0.2) is 6.10 Å². The van der Waals surface area contributed by atoms with Crippen LogP contribution in [0.3, 0.4) is 0 Å². The maximum atomic E-state index is 12.1. The van der Waals surface area contributed by atoms with Gasteiger partial charge in [0, 0.05) is 14.2 Å². The molecule has 0 spiro atoms. The van der Waals surface area contributed by atoms with Crippen molar-refractivity contribution >= 4 is 50.2 Å². The second-order valence-corrected chi connectivity index (χ2v) is 7.70. The third kappa shape index (κ3) is 4.46. The first-order valence-corrected chi connectivity index (χ1v) is 9.38. The Kier molecular flexibility index (Phi) is 5.50. The summed E-state index contributed by atoms with van der Waals surface area (Å²) in [6.07, 6.45) is 0.985. The van der Waals surface area contributed by atoms with Crippen LogP contribution in [0.25, 0.3) is 10.8 Å². The number of halogens is 1. The van der Waals surface area contributed by atoms with E-state index in [1.165, 1.54) is 4.88 Å². The highest BCUT2D eigenvalue weighted by molar-refractivity contribution is 9.10. The lowest BCUT2D eigenvalue weighted by molar-refractivity contribution is -0.127. The first kappa shape index (κ1) is 17.6. The molecule has 1 amide bonds. The zero-order valence-corrected chi connectivity index (χ0v) is 16.2. The fraction of sp³-hybridized carbons (Fsp3) is 0.158. The fourth-order valence-corrected chi connectivity index (χ4v) is 3.73. The number of fused-ring (bicyclic) bond motifs is 1. The number of amides is 1. The zero-order chi connectivity index (χ0) is 17.8. The molecule has 6 heteroatoms. The van der Waals surface area contributed by atoms with E-state index in [9.17, 15) is 4.79 Å². The molecule has 4 nitrogen and oxygen atoms in total. The Morgan fingerprint density at radius 2 is 2.00 bits per heavy atom. The van der Waals surface area contributed by atoms with E-state index < -0.39 is 6.10 Å². The van der Waals surface area contributed by atoms with Gasteiger partial charge >= 0.3 is 0 Å². The Labute approximate surface area is 158 Å². The average Bonchev–Trinajstić information content (AvgIpc) is 2.92. The van der Waals surface area contributed by atoms with Crippen LogP contribution >= 0.6 is 27.3 Å². The van der Waals surface area contributed by atoms with Crippen molar-refractivity contribution in [2.45, 2.75) is 20.0 Å². The fourth-order valence-electron chi connectivity index (χ4n) is 2.29. The number of carbonyl (C=O) groups is 1. The number of benzene rings is 2. The molecule has 2 aromatic carbocycles. The Balaban J connectivity index is 1.59. The van der Waals surface area contributed by atoms with Crippen molar-refractivity contribution in [3.05, 3.63) is 62.8 Å². The van der Waals surface area contributed by atoms with Crippen LogP contribution in [-0.4, -0.2) is 18.2 Å². The van der Waals surface area contributed by atoms with E-state index in [0.717, 1.165) is 20.1 Å². The van der Waals surface area contributed by atoms with Crippen LogP contribution < -0.4 is 10.2 Å². The first-order valence-electron chi connectivity index (χ1n) is 7.77. The number of carbonyl (C=O) groups excluding carboxylic acids is 1. The third-order valence-corrected chi connectivity index (χ3v) is 5.72. The standard InChI is InChI=1S/C19H17BrN2O2S/c1-12(19(23)22-21-11-17-10-18(20)13(2)25-17)24-16-8-7-14-5-3-4-6-15(14)9-16/h3-12H,1-2H3,(H,22,23). The van der Waals surface area contributed by atoms with Gasteiger partial charge in [-0.05, 0) is 58.7 Å². The van der Waals surface area contributed by atoms with Crippen molar-refractivity contribution in [1.29, 1.82) is 0 Å². The minimum absolute atomic E-state index is 0.295. The number of nitrogens with one attached hydrogen (secondary N) is 1. The smallest absolute Gasteiger partial charge is 0.280 e.